The van der Waals surface area contributed by atoms with Crippen molar-refractivity contribution in [1.82, 2.24) is 15.2 Å². The van der Waals surface area contributed by atoms with E-state index in [9.17, 15) is 4.79 Å². The molecule has 3 atom stereocenters. The Morgan fingerprint density at radius 3 is 2.73 bits per heavy atom. The van der Waals surface area contributed by atoms with Gasteiger partial charge in [-0.2, -0.15) is 0 Å². The van der Waals surface area contributed by atoms with E-state index in [2.05, 4.69) is 17.1 Å². The van der Waals surface area contributed by atoms with Crippen molar-refractivity contribution in [2.45, 2.75) is 65.0 Å². The number of carbonyl (C=O) groups is 1. The van der Waals surface area contributed by atoms with Gasteiger partial charge < -0.3 is 9.73 Å². The molecule has 2 fully saturated rings. The van der Waals surface area contributed by atoms with E-state index >= 15 is 0 Å². The van der Waals surface area contributed by atoms with Crippen LogP contribution < -0.4 is 5.32 Å². The molecule has 30 heavy (non-hydrogen) atoms. The standard InChI is InChI=1S/C24H32ClN3O2/c1-16-6-3-4-8-21(16)26-23(29)19-7-5-13-28(14-19)15-22-17(2)30-24(27-22)18-9-11-20(25)12-10-18/h9-12,16,19,21H,3-8,13-15H2,1-2H3,(H,26,29)/t16-,19+,21-/m1/s1. The van der Waals surface area contributed by atoms with Crippen molar-refractivity contribution in [2.75, 3.05) is 13.1 Å². The Labute approximate surface area is 184 Å². The summed E-state index contributed by atoms with van der Waals surface area (Å²) in [6.45, 7) is 6.72. The van der Waals surface area contributed by atoms with Gasteiger partial charge in [-0.3, -0.25) is 9.69 Å². The number of aryl methyl sites for hydroxylation is 1. The Hall–Kier alpha value is -1.85. The lowest BCUT2D eigenvalue weighted by Crippen LogP contribution is -2.48. The molecule has 1 aliphatic carbocycles. The van der Waals surface area contributed by atoms with Gasteiger partial charge in [0.25, 0.3) is 0 Å². The van der Waals surface area contributed by atoms with Gasteiger partial charge in [-0.25, -0.2) is 4.98 Å². The molecule has 1 saturated carbocycles. The van der Waals surface area contributed by atoms with E-state index in [1.807, 2.05) is 31.2 Å². The van der Waals surface area contributed by atoms with E-state index in [0.717, 1.165) is 49.4 Å². The summed E-state index contributed by atoms with van der Waals surface area (Å²) in [6, 6.07) is 7.88. The molecule has 1 aliphatic heterocycles. The summed E-state index contributed by atoms with van der Waals surface area (Å²) in [5.74, 6) is 2.35. The highest BCUT2D eigenvalue weighted by molar-refractivity contribution is 6.30. The Morgan fingerprint density at radius 1 is 1.20 bits per heavy atom. The number of piperidine rings is 1. The SMILES string of the molecule is Cc1oc(-c2ccc(Cl)cc2)nc1CN1CCC[C@H](C(=O)N[C@@H]2CCCC[C@H]2C)C1. The molecule has 1 amide bonds. The molecule has 1 aromatic carbocycles. The topological polar surface area (TPSA) is 58.4 Å². The number of benzene rings is 1. The Morgan fingerprint density at radius 2 is 1.97 bits per heavy atom. The fraction of sp³-hybridized carbons (Fsp3) is 0.583. The van der Waals surface area contributed by atoms with Crippen molar-refractivity contribution < 1.29 is 9.21 Å². The maximum absolute atomic E-state index is 12.9. The van der Waals surface area contributed by atoms with Gasteiger partial charge in [-0.05, 0) is 69.3 Å². The van der Waals surface area contributed by atoms with Gasteiger partial charge in [0.1, 0.15) is 5.76 Å². The quantitative estimate of drug-likeness (QED) is 0.708. The highest BCUT2D eigenvalue weighted by Gasteiger charge is 2.30. The monoisotopic (exact) mass is 429 g/mol. The zero-order valence-corrected chi connectivity index (χ0v) is 18.8. The van der Waals surface area contributed by atoms with Crippen molar-refractivity contribution in [3.8, 4) is 11.5 Å². The number of likely N-dealkylation sites (tertiary alicyclic amines) is 1. The molecule has 5 nitrogen and oxygen atoms in total. The van der Waals surface area contributed by atoms with Gasteiger partial charge in [-0.1, -0.05) is 31.4 Å². The van der Waals surface area contributed by atoms with Crippen LogP contribution in [0, 0.1) is 18.8 Å². The maximum Gasteiger partial charge on any atom is 0.226 e. The fourth-order valence-corrected chi connectivity index (χ4v) is 4.87. The van der Waals surface area contributed by atoms with Gasteiger partial charge >= 0.3 is 0 Å². The van der Waals surface area contributed by atoms with Crippen molar-refractivity contribution in [3.63, 3.8) is 0 Å². The second kappa shape index (κ2) is 9.52. The molecular weight excluding hydrogens is 398 g/mol. The molecule has 4 rings (SSSR count). The zero-order chi connectivity index (χ0) is 21.1. The number of hydrogen-bond donors (Lipinski definition) is 1. The highest BCUT2D eigenvalue weighted by atomic mass is 35.5. The van der Waals surface area contributed by atoms with Crippen LogP contribution in [0.25, 0.3) is 11.5 Å². The summed E-state index contributed by atoms with van der Waals surface area (Å²) in [7, 11) is 0. The minimum Gasteiger partial charge on any atom is -0.441 e. The number of carbonyl (C=O) groups excluding carboxylic acids is 1. The van der Waals surface area contributed by atoms with E-state index < -0.39 is 0 Å². The average molecular weight is 430 g/mol. The first-order chi connectivity index (χ1) is 14.5. The first-order valence-electron chi connectivity index (χ1n) is 11.2. The normalized spacial score (nSPS) is 25.2. The van der Waals surface area contributed by atoms with Gasteiger partial charge in [0.2, 0.25) is 11.8 Å². The second-order valence-corrected chi connectivity index (χ2v) is 9.42. The molecule has 162 valence electrons. The van der Waals surface area contributed by atoms with E-state index in [-0.39, 0.29) is 11.8 Å². The zero-order valence-electron chi connectivity index (χ0n) is 18.0. The van der Waals surface area contributed by atoms with Crippen LogP contribution in [-0.4, -0.2) is 34.9 Å². The molecule has 6 heteroatoms. The molecule has 0 radical (unpaired) electrons. The summed E-state index contributed by atoms with van der Waals surface area (Å²) < 4.78 is 5.91. The minimum atomic E-state index is 0.0656. The number of hydrogen-bond acceptors (Lipinski definition) is 4. The number of oxazole rings is 1. The molecule has 1 N–H and O–H groups in total. The smallest absolute Gasteiger partial charge is 0.226 e. The first-order valence-corrected chi connectivity index (χ1v) is 11.6. The van der Waals surface area contributed by atoms with E-state index in [1.165, 1.54) is 19.3 Å². The third-order valence-electron chi connectivity index (χ3n) is 6.67. The summed E-state index contributed by atoms with van der Waals surface area (Å²) in [4.78, 5) is 20.0. The van der Waals surface area contributed by atoms with Crippen molar-refractivity contribution in [2.24, 2.45) is 11.8 Å². The Balaban J connectivity index is 1.37. The molecule has 2 aliphatic rings. The van der Waals surface area contributed by atoms with Crippen molar-refractivity contribution in [3.05, 3.63) is 40.7 Å². The van der Waals surface area contributed by atoms with E-state index in [0.29, 0.717) is 29.4 Å². The minimum absolute atomic E-state index is 0.0656. The van der Waals surface area contributed by atoms with Gasteiger partial charge in [0.15, 0.2) is 0 Å². The summed E-state index contributed by atoms with van der Waals surface area (Å²) >= 11 is 5.98. The summed E-state index contributed by atoms with van der Waals surface area (Å²) in [5.41, 5.74) is 1.87. The first kappa shape index (κ1) is 21.4. The lowest BCUT2D eigenvalue weighted by molar-refractivity contribution is -0.128. The molecule has 2 heterocycles. The second-order valence-electron chi connectivity index (χ2n) is 8.98. The average Bonchev–Trinajstić information content (AvgIpc) is 3.10. The summed E-state index contributed by atoms with van der Waals surface area (Å²) in [5, 5.41) is 4.05. The van der Waals surface area contributed by atoms with E-state index in [4.69, 9.17) is 21.0 Å². The lowest BCUT2D eigenvalue weighted by atomic mass is 9.85. The number of rotatable bonds is 5. The van der Waals surface area contributed by atoms with Gasteiger partial charge in [-0.15, -0.1) is 0 Å². The third-order valence-corrected chi connectivity index (χ3v) is 6.92. The van der Waals surface area contributed by atoms with Gasteiger partial charge in [0.05, 0.1) is 11.6 Å². The van der Waals surface area contributed by atoms with Crippen LogP contribution in [0.1, 0.15) is 56.9 Å². The molecule has 1 aromatic heterocycles. The number of amides is 1. The predicted molar refractivity (Wildman–Crippen MR) is 119 cm³/mol. The molecule has 2 aromatic rings. The molecule has 0 bridgehead atoms. The van der Waals surface area contributed by atoms with Crippen LogP contribution in [0.4, 0.5) is 0 Å². The van der Waals surface area contributed by atoms with Crippen LogP contribution in [-0.2, 0) is 11.3 Å². The van der Waals surface area contributed by atoms with Crippen LogP contribution in [0.3, 0.4) is 0 Å². The van der Waals surface area contributed by atoms with Crippen molar-refractivity contribution in [1.29, 1.82) is 0 Å². The number of nitrogens with zero attached hydrogens (tertiary/aromatic N) is 2. The Bertz CT molecular complexity index is 864. The van der Waals surface area contributed by atoms with Crippen LogP contribution in [0.15, 0.2) is 28.7 Å². The molecule has 1 saturated heterocycles. The van der Waals surface area contributed by atoms with Crippen LogP contribution in [0.2, 0.25) is 5.02 Å². The molecular formula is C24H32ClN3O2. The molecule has 0 unspecified atom stereocenters. The van der Waals surface area contributed by atoms with Gasteiger partial charge in [0, 0.05) is 29.7 Å². The Kier molecular flexibility index (Phi) is 6.79. The fourth-order valence-electron chi connectivity index (χ4n) is 4.75. The number of aromatic nitrogens is 1. The maximum atomic E-state index is 12.9. The lowest BCUT2D eigenvalue weighted by Gasteiger charge is -2.34. The van der Waals surface area contributed by atoms with E-state index in [1.54, 1.807) is 0 Å². The molecule has 0 spiro atoms. The van der Waals surface area contributed by atoms with Crippen molar-refractivity contribution >= 4 is 17.5 Å². The highest BCUT2D eigenvalue weighted by Crippen LogP contribution is 2.27. The predicted octanol–water partition coefficient (Wildman–Crippen LogP) is 5.21. The third kappa shape index (κ3) is 5.06. The summed E-state index contributed by atoms with van der Waals surface area (Å²) in [6.07, 6.45) is 6.88. The number of halogens is 1. The van der Waals surface area contributed by atoms with Crippen LogP contribution in [0.5, 0.6) is 0 Å². The largest absolute Gasteiger partial charge is 0.441 e. The van der Waals surface area contributed by atoms with Crippen LogP contribution >= 0.6 is 11.6 Å². The number of nitrogens with one attached hydrogen (secondary N) is 1.